The number of hydrogen-bond acceptors (Lipinski definition) is 1. The third-order valence-electron chi connectivity index (χ3n) is 2.58. The van der Waals surface area contributed by atoms with Crippen LogP contribution in [0, 0.1) is 18.6 Å². The summed E-state index contributed by atoms with van der Waals surface area (Å²) in [5.74, 6) is -0.859. The Morgan fingerprint density at radius 1 is 1.12 bits per heavy atom. The molecule has 1 nitrogen and oxygen atoms in total. The topological polar surface area (TPSA) is 26.0 Å². The van der Waals surface area contributed by atoms with Crippen LogP contribution in [-0.4, -0.2) is 0 Å². The second kappa shape index (κ2) is 4.34. The molecule has 0 heterocycles. The molecular weight excluding hydrogens is 244 g/mol. The lowest BCUT2D eigenvalue weighted by Crippen LogP contribution is -1.94. The molecule has 0 aliphatic heterocycles. The number of rotatable bonds is 1. The van der Waals surface area contributed by atoms with Crippen LogP contribution in [0.5, 0.6) is 0 Å². The van der Waals surface area contributed by atoms with Gasteiger partial charge >= 0.3 is 0 Å². The molecule has 0 bridgehead atoms. The predicted octanol–water partition coefficient (Wildman–Crippen LogP) is 4.18. The van der Waals surface area contributed by atoms with E-state index in [1.165, 1.54) is 12.1 Å². The van der Waals surface area contributed by atoms with Crippen LogP contribution >= 0.6 is 11.6 Å². The zero-order chi connectivity index (χ0) is 12.6. The fourth-order valence-electron chi connectivity index (χ4n) is 1.58. The average Bonchev–Trinajstić information content (AvgIpc) is 2.27. The number of aryl methyl sites for hydroxylation is 1. The lowest BCUT2D eigenvalue weighted by Gasteiger charge is -2.09. The molecule has 17 heavy (non-hydrogen) atoms. The standard InChI is InChI=1S/C13H10ClF2N/c1-7-2-3-8(4-12(7)16)10-5-9(15)6-11(14)13(10)17/h2-6H,17H2,1H3. The van der Waals surface area contributed by atoms with Gasteiger partial charge in [0.25, 0.3) is 0 Å². The van der Waals surface area contributed by atoms with Crippen molar-refractivity contribution in [3.63, 3.8) is 0 Å². The molecule has 0 atom stereocenters. The smallest absolute Gasteiger partial charge is 0.126 e. The fourth-order valence-corrected chi connectivity index (χ4v) is 1.79. The van der Waals surface area contributed by atoms with Gasteiger partial charge in [0.15, 0.2) is 0 Å². The summed E-state index contributed by atoms with van der Waals surface area (Å²) < 4.78 is 26.7. The first-order valence-corrected chi connectivity index (χ1v) is 5.38. The maximum absolute atomic E-state index is 13.4. The summed E-state index contributed by atoms with van der Waals surface area (Å²) in [6, 6.07) is 6.98. The van der Waals surface area contributed by atoms with E-state index in [1.54, 1.807) is 19.1 Å². The minimum absolute atomic E-state index is 0.126. The van der Waals surface area contributed by atoms with Crippen molar-refractivity contribution in [1.29, 1.82) is 0 Å². The van der Waals surface area contributed by atoms with E-state index in [2.05, 4.69) is 0 Å². The van der Waals surface area contributed by atoms with E-state index < -0.39 is 5.82 Å². The molecule has 2 aromatic rings. The van der Waals surface area contributed by atoms with Gasteiger partial charge < -0.3 is 5.73 Å². The van der Waals surface area contributed by atoms with E-state index in [9.17, 15) is 8.78 Å². The lowest BCUT2D eigenvalue weighted by molar-refractivity contribution is 0.618. The normalized spacial score (nSPS) is 10.6. The van der Waals surface area contributed by atoms with Gasteiger partial charge in [-0.05, 0) is 36.2 Å². The highest BCUT2D eigenvalue weighted by atomic mass is 35.5. The lowest BCUT2D eigenvalue weighted by atomic mass is 10.0. The van der Waals surface area contributed by atoms with Gasteiger partial charge in [0, 0.05) is 5.56 Å². The number of benzene rings is 2. The molecule has 0 fully saturated rings. The Kier molecular flexibility index (Phi) is 3.03. The van der Waals surface area contributed by atoms with Crippen molar-refractivity contribution in [3.05, 3.63) is 52.6 Å². The molecule has 0 saturated carbocycles. The van der Waals surface area contributed by atoms with Gasteiger partial charge in [-0.25, -0.2) is 8.78 Å². The van der Waals surface area contributed by atoms with Gasteiger partial charge in [-0.15, -0.1) is 0 Å². The van der Waals surface area contributed by atoms with Gasteiger partial charge in [0.2, 0.25) is 0 Å². The first-order valence-electron chi connectivity index (χ1n) is 5.00. The van der Waals surface area contributed by atoms with Gasteiger partial charge in [-0.1, -0.05) is 23.7 Å². The quantitative estimate of drug-likeness (QED) is 0.758. The summed E-state index contributed by atoms with van der Waals surface area (Å²) in [6.07, 6.45) is 0. The third-order valence-corrected chi connectivity index (χ3v) is 2.89. The van der Waals surface area contributed by atoms with Crippen LogP contribution in [0.1, 0.15) is 5.56 Å². The number of anilines is 1. The number of hydrogen-bond donors (Lipinski definition) is 1. The zero-order valence-corrected chi connectivity index (χ0v) is 9.85. The van der Waals surface area contributed by atoms with Crippen LogP contribution in [0.25, 0.3) is 11.1 Å². The molecule has 0 saturated heterocycles. The largest absolute Gasteiger partial charge is 0.397 e. The summed E-state index contributed by atoms with van der Waals surface area (Å²) in [4.78, 5) is 0. The first-order chi connectivity index (χ1) is 7.99. The number of nitrogens with two attached hydrogens (primary N) is 1. The van der Waals surface area contributed by atoms with Crippen LogP contribution in [-0.2, 0) is 0 Å². The average molecular weight is 254 g/mol. The molecule has 2 aromatic carbocycles. The van der Waals surface area contributed by atoms with Crippen LogP contribution in [0.15, 0.2) is 30.3 Å². The van der Waals surface area contributed by atoms with E-state index in [0.29, 0.717) is 16.7 Å². The van der Waals surface area contributed by atoms with Crippen LogP contribution in [0.3, 0.4) is 0 Å². The zero-order valence-electron chi connectivity index (χ0n) is 9.10. The Morgan fingerprint density at radius 3 is 2.47 bits per heavy atom. The molecule has 0 aromatic heterocycles. The molecule has 0 unspecified atom stereocenters. The number of nitrogen functional groups attached to an aromatic ring is 1. The highest BCUT2D eigenvalue weighted by Gasteiger charge is 2.10. The minimum Gasteiger partial charge on any atom is -0.397 e. The Hall–Kier alpha value is -1.61. The highest BCUT2D eigenvalue weighted by Crippen LogP contribution is 2.33. The molecule has 0 aliphatic rings. The molecular formula is C13H10ClF2N. The Labute approximate surface area is 103 Å². The summed E-state index contributed by atoms with van der Waals surface area (Å²) >= 11 is 5.78. The van der Waals surface area contributed by atoms with Crippen LogP contribution in [0.4, 0.5) is 14.5 Å². The van der Waals surface area contributed by atoms with Crippen molar-refractivity contribution in [1.82, 2.24) is 0 Å². The summed E-state index contributed by atoms with van der Waals surface area (Å²) in [6.45, 7) is 1.65. The fraction of sp³-hybridized carbons (Fsp3) is 0.0769. The van der Waals surface area contributed by atoms with Crippen molar-refractivity contribution < 1.29 is 8.78 Å². The minimum atomic E-state index is -0.500. The third kappa shape index (κ3) is 2.24. The molecule has 0 aliphatic carbocycles. The maximum atomic E-state index is 13.4. The van der Waals surface area contributed by atoms with E-state index in [-0.39, 0.29) is 16.5 Å². The van der Waals surface area contributed by atoms with Crippen molar-refractivity contribution in [2.45, 2.75) is 6.92 Å². The van der Waals surface area contributed by atoms with Crippen molar-refractivity contribution >= 4 is 17.3 Å². The molecule has 4 heteroatoms. The second-order valence-corrected chi connectivity index (χ2v) is 4.22. The number of halogens is 3. The Morgan fingerprint density at radius 2 is 1.82 bits per heavy atom. The Balaban J connectivity index is 2.64. The van der Waals surface area contributed by atoms with E-state index >= 15 is 0 Å². The van der Waals surface area contributed by atoms with Gasteiger partial charge in [0.05, 0.1) is 10.7 Å². The molecule has 88 valence electrons. The second-order valence-electron chi connectivity index (χ2n) is 3.81. The first kappa shape index (κ1) is 11.9. The van der Waals surface area contributed by atoms with E-state index in [1.807, 2.05) is 0 Å². The monoisotopic (exact) mass is 253 g/mol. The van der Waals surface area contributed by atoms with E-state index in [4.69, 9.17) is 17.3 Å². The van der Waals surface area contributed by atoms with Gasteiger partial charge in [-0.2, -0.15) is 0 Å². The van der Waals surface area contributed by atoms with E-state index in [0.717, 1.165) is 6.07 Å². The summed E-state index contributed by atoms with van der Waals surface area (Å²) in [5.41, 5.74) is 7.42. The molecule has 0 radical (unpaired) electrons. The SMILES string of the molecule is Cc1ccc(-c2cc(F)cc(Cl)c2N)cc1F. The highest BCUT2D eigenvalue weighted by molar-refractivity contribution is 6.33. The van der Waals surface area contributed by atoms with Crippen molar-refractivity contribution in [2.75, 3.05) is 5.73 Å². The molecule has 2 rings (SSSR count). The summed E-state index contributed by atoms with van der Waals surface area (Å²) in [7, 11) is 0. The predicted molar refractivity (Wildman–Crippen MR) is 66.0 cm³/mol. The van der Waals surface area contributed by atoms with Crippen LogP contribution in [0.2, 0.25) is 5.02 Å². The van der Waals surface area contributed by atoms with Gasteiger partial charge in [-0.3, -0.25) is 0 Å². The molecule has 0 amide bonds. The van der Waals surface area contributed by atoms with Crippen LogP contribution < -0.4 is 5.73 Å². The van der Waals surface area contributed by atoms with Crippen molar-refractivity contribution in [3.8, 4) is 11.1 Å². The van der Waals surface area contributed by atoms with Crippen molar-refractivity contribution in [2.24, 2.45) is 0 Å². The molecule has 0 spiro atoms. The van der Waals surface area contributed by atoms with Gasteiger partial charge in [0.1, 0.15) is 11.6 Å². The maximum Gasteiger partial charge on any atom is 0.126 e. The summed E-state index contributed by atoms with van der Waals surface area (Å²) in [5, 5.41) is 0.126. The Bertz CT molecular complexity index is 582. The molecule has 2 N–H and O–H groups in total.